The maximum Gasteiger partial charge on any atom is 0.164 e. The van der Waals surface area contributed by atoms with Gasteiger partial charge in [-0.25, -0.2) is 19.9 Å². The Bertz CT molecular complexity index is 3150. The van der Waals surface area contributed by atoms with Crippen LogP contribution in [-0.4, -0.2) is 24.5 Å². The second-order valence-corrected chi connectivity index (χ2v) is 14.8. The zero-order valence-corrected chi connectivity index (χ0v) is 30.9. The van der Waals surface area contributed by atoms with Crippen LogP contribution in [0.5, 0.6) is 0 Å². The van der Waals surface area contributed by atoms with Crippen molar-refractivity contribution < 1.29 is 0 Å². The first kappa shape index (κ1) is 32.2. The highest BCUT2D eigenvalue weighted by atomic mass is 32.1. The summed E-state index contributed by atoms with van der Waals surface area (Å²) in [4.78, 5) is 21.4. The molecule has 0 spiro atoms. The molecule has 0 N–H and O–H groups in total. The Kier molecular flexibility index (Phi) is 7.60. The van der Waals surface area contributed by atoms with Gasteiger partial charge in [-0.3, -0.25) is 0 Å². The smallest absolute Gasteiger partial charge is 0.164 e. The summed E-state index contributed by atoms with van der Waals surface area (Å²) >= 11 is 1.83. The summed E-state index contributed by atoms with van der Waals surface area (Å²) in [5.41, 5.74) is 10.5. The van der Waals surface area contributed by atoms with E-state index >= 15 is 0 Å². The number of fused-ring (bicyclic) bond motifs is 7. The Morgan fingerprint density at radius 3 is 1.50 bits per heavy atom. The minimum Gasteiger partial charge on any atom is -0.301 e. The van der Waals surface area contributed by atoms with Gasteiger partial charge in [-0.05, 0) is 41.5 Å². The average Bonchev–Trinajstić information content (AvgIpc) is 3.82. The van der Waals surface area contributed by atoms with Crippen LogP contribution >= 0.6 is 11.3 Å². The second-order valence-electron chi connectivity index (χ2n) is 13.8. The average molecular weight is 734 g/mol. The van der Waals surface area contributed by atoms with Gasteiger partial charge < -0.3 is 4.57 Å². The molecular formula is C50H31N5S. The molecule has 0 unspecified atom stereocenters. The Balaban J connectivity index is 1.09. The molecule has 5 nitrogen and oxygen atoms in total. The van der Waals surface area contributed by atoms with Gasteiger partial charge in [0.05, 0.1) is 21.4 Å². The molecule has 262 valence electrons. The van der Waals surface area contributed by atoms with E-state index in [2.05, 4.69) is 132 Å². The number of rotatable bonds is 6. The zero-order chi connectivity index (χ0) is 37.0. The van der Waals surface area contributed by atoms with Gasteiger partial charge in [-0.1, -0.05) is 158 Å². The lowest BCUT2D eigenvalue weighted by molar-refractivity contribution is 1.07. The van der Waals surface area contributed by atoms with Crippen LogP contribution in [-0.2, 0) is 0 Å². The quantitative estimate of drug-likeness (QED) is 0.171. The standard InChI is InChI=1S/C50H31N5S/c1-5-15-33(16-6-1)45-46-43(44-39-23-13-14-24-42(39)55(50(44)56-46)38-21-11-4-12-22-38)40-31-37(29-30-41(40)51-45)32-25-27-36(28-26-32)49-53-47(34-17-7-2-8-18-34)52-48(54-49)35-19-9-3-10-20-35/h1-31H. The van der Waals surface area contributed by atoms with Crippen molar-refractivity contribution >= 4 is 53.4 Å². The van der Waals surface area contributed by atoms with E-state index in [4.69, 9.17) is 19.9 Å². The molecule has 6 heteroatoms. The zero-order valence-electron chi connectivity index (χ0n) is 30.0. The molecule has 0 saturated carbocycles. The van der Waals surface area contributed by atoms with Gasteiger partial charge in [-0.2, -0.15) is 0 Å². The summed E-state index contributed by atoms with van der Waals surface area (Å²) in [6.45, 7) is 0. The van der Waals surface area contributed by atoms with Crippen LogP contribution in [0.15, 0.2) is 188 Å². The minimum absolute atomic E-state index is 0.637. The molecule has 0 aliphatic carbocycles. The van der Waals surface area contributed by atoms with E-state index in [1.54, 1.807) is 0 Å². The lowest BCUT2D eigenvalue weighted by atomic mass is 9.98. The lowest BCUT2D eigenvalue weighted by Gasteiger charge is -2.11. The molecule has 0 amide bonds. The maximum atomic E-state index is 5.36. The Labute approximate surface area is 326 Å². The molecule has 11 aromatic rings. The summed E-state index contributed by atoms with van der Waals surface area (Å²) in [7, 11) is 0. The number of hydrogen-bond donors (Lipinski definition) is 0. The molecule has 4 aromatic heterocycles. The van der Waals surface area contributed by atoms with Crippen LogP contribution < -0.4 is 0 Å². The van der Waals surface area contributed by atoms with E-state index in [1.165, 1.54) is 31.2 Å². The van der Waals surface area contributed by atoms with E-state index in [0.29, 0.717) is 17.5 Å². The topological polar surface area (TPSA) is 56.5 Å². The minimum atomic E-state index is 0.637. The summed E-state index contributed by atoms with van der Waals surface area (Å²) in [5, 5.41) is 4.88. The van der Waals surface area contributed by atoms with Gasteiger partial charge in [0.2, 0.25) is 0 Å². The van der Waals surface area contributed by atoms with Gasteiger partial charge in [0.1, 0.15) is 4.83 Å². The summed E-state index contributed by atoms with van der Waals surface area (Å²) < 4.78 is 3.60. The molecule has 56 heavy (non-hydrogen) atoms. The lowest BCUT2D eigenvalue weighted by Crippen LogP contribution is -2.00. The maximum absolute atomic E-state index is 5.36. The fourth-order valence-corrected chi connectivity index (χ4v) is 9.18. The normalized spacial score (nSPS) is 11.6. The first-order valence-electron chi connectivity index (χ1n) is 18.6. The van der Waals surface area contributed by atoms with Gasteiger partial charge in [0, 0.05) is 49.5 Å². The van der Waals surface area contributed by atoms with E-state index in [0.717, 1.165) is 55.7 Å². The van der Waals surface area contributed by atoms with Crippen molar-refractivity contribution in [1.82, 2.24) is 24.5 Å². The van der Waals surface area contributed by atoms with Crippen LogP contribution in [0.1, 0.15) is 0 Å². The number of aromatic nitrogens is 5. The molecule has 4 heterocycles. The van der Waals surface area contributed by atoms with Gasteiger partial charge >= 0.3 is 0 Å². The third-order valence-corrected chi connectivity index (χ3v) is 11.6. The third-order valence-electron chi connectivity index (χ3n) is 10.5. The number of nitrogens with zero attached hydrogens (tertiary/aromatic N) is 5. The molecule has 0 bridgehead atoms. The Morgan fingerprint density at radius 1 is 0.375 bits per heavy atom. The molecule has 0 saturated heterocycles. The molecule has 0 radical (unpaired) electrons. The molecule has 0 aliphatic rings. The van der Waals surface area contributed by atoms with Crippen LogP contribution in [0.3, 0.4) is 0 Å². The molecule has 7 aromatic carbocycles. The monoisotopic (exact) mass is 733 g/mol. The largest absolute Gasteiger partial charge is 0.301 e. The van der Waals surface area contributed by atoms with Crippen molar-refractivity contribution in [3.8, 4) is 62.2 Å². The van der Waals surface area contributed by atoms with Crippen LogP contribution in [0.2, 0.25) is 0 Å². The van der Waals surface area contributed by atoms with Crippen molar-refractivity contribution in [2.24, 2.45) is 0 Å². The predicted octanol–water partition coefficient (Wildman–Crippen LogP) is 13.1. The SMILES string of the molecule is c1ccc(-c2nc(-c3ccccc3)nc(-c3ccc(-c4ccc5nc(-c6ccccc6)c6sc7c(c8ccccc8n7-c7ccccc7)c6c5c4)cc3)n2)cc1. The first-order chi connectivity index (χ1) is 27.8. The van der Waals surface area contributed by atoms with Gasteiger partial charge in [0.15, 0.2) is 17.5 Å². The molecule has 0 fully saturated rings. The second kappa shape index (κ2) is 13.2. The summed E-state index contributed by atoms with van der Waals surface area (Å²) in [6.07, 6.45) is 0. The number of thiophene rings is 1. The van der Waals surface area contributed by atoms with E-state index < -0.39 is 0 Å². The Hall–Kier alpha value is -7.28. The fourth-order valence-electron chi connectivity index (χ4n) is 7.80. The highest BCUT2D eigenvalue weighted by Crippen LogP contribution is 2.48. The number of benzene rings is 7. The van der Waals surface area contributed by atoms with Crippen molar-refractivity contribution in [2.75, 3.05) is 0 Å². The predicted molar refractivity (Wildman–Crippen MR) is 232 cm³/mol. The van der Waals surface area contributed by atoms with Gasteiger partial charge in [0.25, 0.3) is 0 Å². The Morgan fingerprint density at radius 2 is 0.875 bits per heavy atom. The number of para-hydroxylation sites is 2. The van der Waals surface area contributed by atoms with Crippen LogP contribution in [0, 0.1) is 0 Å². The van der Waals surface area contributed by atoms with E-state index in [1.807, 2.05) is 72.0 Å². The van der Waals surface area contributed by atoms with E-state index in [-0.39, 0.29) is 0 Å². The van der Waals surface area contributed by atoms with Crippen molar-refractivity contribution in [1.29, 1.82) is 0 Å². The van der Waals surface area contributed by atoms with Crippen LogP contribution in [0.4, 0.5) is 0 Å². The van der Waals surface area contributed by atoms with Crippen LogP contribution in [0.25, 0.3) is 104 Å². The fraction of sp³-hybridized carbons (Fsp3) is 0. The molecule has 11 rings (SSSR count). The third kappa shape index (κ3) is 5.38. The van der Waals surface area contributed by atoms with Gasteiger partial charge in [-0.15, -0.1) is 11.3 Å². The van der Waals surface area contributed by atoms with Crippen molar-refractivity contribution in [2.45, 2.75) is 0 Å². The first-order valence-corrected chi connectivity index (χ1v) is 19.5. The molecule has 0 aliphatic heterocycles. The highest BCUT2D eigenvalue weighted by Gasteiger charge is 2.23. The molecular weight excluding hydrogens is 703 g/mol. The number of pyridine rings is 1. The highest BCUT2D eigenvalue weighted by molar-refractivity contribution is 7.26. The van der Waals surface area contributed by atoms with E-state index in [9.17, 15) is 0 Å². The molecule has 0 atom stereocenters. The summed E-state index contributed by atoms with van der Waals surface area (Å²) in [6, 6.07) is 65.4. The number of hydrogen-bond acceptors (Lipinski definition) is 5. The van der Waals surface area contributed by atoms with Crippen molar-refractivity contribution in [3.63, 3.8) is 0 Å². The van der Waals surface area contributed by atoms with Crippen molar-refractivity contribution in [3.05, 3.63) is 188 Å². The summed E-state index contributed by atoms with van der Waals surface area (Å²) in [5.74, 6) is 1.93.